The van der Waals surface area contributed by atoms with Gasteiger partial charge in [-0.3, -0.25) is 9.59 Å². The van der Waals surface area contributed by atoms with Crippen LogP contribution >= 0.6 is 0 Å². The molecule has 1 unspecified atom stereocenters. The van der Waals surface area contributed by atoms with Crippen molar-refractivity contribution in [3.63, 3.8) is 0 Å². The lowest BCUT2D eigenvalue weighted by atomic mass is 9.99. The second-order valence-corrected chi connectivity index (χ2v) is 7.51. The number of aliphatic hydroxyl groups is 1. The Morgan fingerprint density at radius 1 is 1.10 bits per heavy atom. The first-order valence-corrected chi connectivity index (χ1v) is 10.3. The number of unbranched alkanes of at least 4 members (excludes halogenated alkanes) is 2. The van der Waals surface area contributed by atoms with Crippen LogP contribution in [0.3, 0.4) is 0 Å². The smallest absolute Gasteiger partial charge is 0.295 e. The average Bonchev–Trinajstić information content (AvgIpc) is 3.29. The molecule has 7 nitrogen and oxygen atoms in total. The van der Waals surface area contributed by atoms with Crippen molar-refractivity contribution in [2.45, 2.75) is 39.2 Å². The maximum absolute atomic E-state index is 12.9. The third-order valence-corrected chi connectivity index (χ3v) is 5.39. The Bertz CT molecular complexity index is 1000. The zero-order valence-corrected chi connectivity index (χ0v) is 17.1. The molecule has 0 bridgehead atoms. The number of Topliss-reactive ketones (excluding diaryl/α,β-unsaturated/α-hetero) is 1. The van der Waals surface area contributed by atoms with Crippen LogP contribution in [0.2, 0.25) is 0 Å². The number of furan rings is 1. The lowest BCUT2D eigenvalue weighted by molar-refractivity contribution is -0.140. The molecule has 2 aliphatic rings. The van der Waals surface area contributed by atoms with Gasteiger partial charge in [-0.2, -0.15) is 0 Å². The van der Waals surface area contributed by atoms with Gasteiger partial charge in [-0.25, -0.2) is 0 Å². The number of carbonyl (C=O) groups is 2. The Balaban J connectivity index is 1.78. The number of ketones is 1. The van der Waals surface area contributed by atoms with Crippen molar-refractivity contribution < 1.29 is 28.6 Å². The molecule has 7 heteroatoms. The number of hydrogen-bond donors (Lipinski definition) is 1. The van der Waals surface area contributed by atoms with E-state index < -0.39 is 17.7 Å². The zero-order chi connectivity index (χ0) is 21.3. The summed E-state index contributed by atoms with van der Waals surface area (Å²) in [6, 6.07) is 7.73. The van der Waals surface area contributed by atoms with Gasteiger partial charge in [-0.1, -0.05) is 19.8 Å². The molecule has 1 atom stereocenters. The van der Waals surface area contributed by atoms with Crippen molar-refractivity contribution >= 4 is 17.4 Å². The van der Waals surface area contributed by atoms with Crippen LogP contribution in [0.4, 0.5) is 0 Å². The summed E-state index contributed by atoms with van der Waals surface area (Å²) in [5.41, 5.74) is 0.418. The molecule has 158 valence electrons. The number of amides is 1. The second-order valence-electron chi connectivity index (χ2n) is 7.51. The molecule has 3 heterocycles. The van der Waals surface area contributed by atoms with Crippen LogP contribution in [0.5, 0.6) is 11.5 Å². The van der Waals surface area contributed by atoms with Crippen LogP contribution in [0.25, 0.3) is 5.76 Å². The van der Waals surface area contributed by atoms with E-state index in [0.717, 1.165) is 19.3 Å². The number of likely N-dealkylation sites (tertiary alicyclic amines) is 1. The van der Waals surface area contributed by atoms with Gasteiger partial charge in [0.1, 0.15) is 36.5 Å². The van der Waals surface area contributed by atoms with E-state index in [-0.39, 0.29) is 11.3 Å². The fourth-order valence-corrected chi connectivity index (χ4v) is 3.89. The molecule has 30 heavy (non-hydrogen) atoms. The van der Waals surface area contributed by atoms with Crippen LogP contribution in [0.1, 0.15) is 49.3 Å². The molecule has 1 amide bonds. The van der Waals surface area contributed by atoms with Crippen molar-refractivity contribution in [3.8, 4) is 11.5 Å². The number of aliphatic hydroxyl groups excluding tert-OH is 1. The van der Waals surface area contributed by atoms with Crippen molar-refractivity contribution in [1.29, 1.82) is 0 Å². The molecular weight excluding hydrogens is 386 g/mol. The summed E-state index contributed by atoms with van der Waals surface area (Å²) in [5, 5.41) is 11.1. The van der Waals surface area contributed by atoms with Crippen LogP contribution in [-0.4, -0.2) is 41.5 Å². The molecule has 1 fully saturated rings. The van der Waals surface area contributed by atoms with Crippen molar-refractivity contribution in [2.75, 3.05) is 19.8 Å². The van der Waals surface area contributed by atoms with Gasteiger partial charge >= 0.3 is 0 Å². The van der Waals surface area contributed by atoms with Crippen LogP contribution in [-0.2, 0) is 9.59 Å². The maximum atomic E-state index is 12.9. The third kappa shape index (κ3) is 3.56. The number of rotatable bonds is 6. The van der Waals surface area contributed by atoms with Crippen LogP contribution in [0, 0.1) is 6.92 Å². The Morgan fingerprint density at radius 3 is 2.57 bits per heavy atom. The molecule has 2 aromatic rings. The minimum atomic E-state index is -0.760. The van der Waals surface area contributed by atoms with E-state index in [9.17, 15) is 14.7 Å². The van der Waals surface area contributed by atoms with Crippen molar-refractivity contribution in [3.05, 3.63) is 53.0 Å². The minimum Gasteiger partial charge on any atom is -0.507 e. The largest absolute Gasteiger partial charge is 0.507 e. The molecule has 1 aromatic heterocycles. The van der Waals surface area contributed by atoms with Crippen molar-refractivity contribution in [2.24, 2.45) is 0 Å². The van der Waals surface area contributed by atoms with Crippen molar-refractivity contribution in [1.82, 2.24) is 4.90 Å². The van der Waals surface area contributed by atoms with Crippen LogP contribution in [0.15, 0.2) is 40.3 Å². The maximum Gasteiger partial charge on any atom is 0.295 e. The highest BCUT2D eigenvalue weighted by Crippen LogP contribution is 2.41. The lowest BCUT2D eigenvalue weighted by Crippen LogP contribution is -2.30. The van der Waals surface area contributed by atoms with Gasteiger partial charge in [-0.05, 0) is 43.7 Å². The summed E-state index contributed by atoms with van der Waals surface area (Å²) in [4.78, 5) is 27.2. The average molecular weight is 411 g/mol. The van der Waals surface area contributed by atoms with E-state index in [4.69, 9.17) is 13.9 Å². The minimum absolute atomic E-state index is 0.0301. The highest BCUT2D eigenvalue weighted by atomic mass is 16.6. The zero-order valence-electron chi connectivity index (χ0n) is 17.1. The quantitative estimate of drug-likeness (QED) is 0.335. The fraction of sp³-hybridized carbons (Fsp3) is 0.391. The highest BCUT2D eigenvalue weighted by Gasteiger charge is 2.47. The van der Waals surface area contributed by atoms with E-state index in [0.29, 0.717) is 48.3 Å². The van der Waals surface area contributed by atoms with Gasteiger partial charge in [0.25, 0.3) is 11.7 Å². The summed E-state index contributed by atoms with van der Waals surface area (Å²) in [6.07, 6.45) is 2.70. The summed E-state index contributed by atoms with van der Waals surface area (Å²) < 4.78 is 16.9. The molecule has 1 aromatic carbocycles. The van der Waals surface area contributed by atoms with Gasteiger partial charge in [0.15, 0.2) is 11.5 Å². The Hall–Kier alpha value is -3.22. The highest BCUT2D eigenvalue weighted by molar-refractivity contribution is 6.46. The summed E-state index contributed by atoms with van der Waals surface area (Å²) in [7, 11) is 0. The second kappa shape index (κ2) is 8.26. The Kier molecular flexibility index (Phi) is 5.53. The number of aryl methyl sites for hydroxylation is 1. The molecule has 0 spiro atoms. The first kappa shape index (κ1) is 20.1. The first-order valence-electron chi connectivity index (χ1n) is 10.3. The van der Waals surface area contributed by atoms with Gasteiger partial charge in [0, 0.05) is 12.1 Å². The number of nitrogens with zero attached hydrogens (tertiary/aromatic N) is 1. The SMILES string of the molecule is CCCCCN1C(=O)C(=O)/C(=C(\O)c2ccc3c(c2)OCCO3)C1c1ccc(C)o1. The molecular formula is C23H25NO6. The fourth-order valence-electron chi connectivity index (χ4n) is 3.89. The number of hydrogen-bond acceptors (Lipinski definition) is 6. The summed E-state index contributed by atoms with van der Waals surface area (Å²) in [6.45, 7) is 5.15. The monoisotopic (exact) mass is 411 g/mol. The van der Waals surface area contributed by atoms with Gasteiger partial charge < -0.3 is 23.9 Å². The molecule has 0 radical (unpaired) electrons. The number of fused-ring (bicyclic) bond motifs is 1. The van der Waals surface area contributed by atoms with Gasteiger partial charge in [0.05, 0.1) is 5.57 Å². The Morgan fingerprint density at radius 2 is 1.87 bits per heavy atom. The molecule has 1 N–H and O–H groups in total. The normalized spacial score (nSPS) is 20.1. The lowest BCUT2D eigenvalue weighted by Gasteiger charge is -2.23. The molecule has 2 aliphatic heterocycles. The predicted molar refractivity (Wildman–Crippen MR) is 109 cm³/mol. The van der Waals surface area contributed by atoms with E-state index in [1.165, 1.54) is 4.90 Å². The van der Waals surface area contributed by atoms with Crippen LogP contribution < -0.4 is 9.47 Å². The van der Waals surface area contributed by atoms with E-state index >= 15 is 0 Å². The molecule has 1 saturated heterocycles. The predicted octanol–water partition coefficient (Wildman–Crippen LogP) is 3.97. The van der Waals surface area contributed by atoms with Gasteiger partial charge in [0.2, 0.25) is 0 Å². The molecule has 0 saturated carbocycles. The number of benzene rings is 1. The number of ether oxygens (including phenoxy) is 2. The van der Waals surface area contributed by atoms with E-state index in [2.05, 4.69) is 6.92 Å². The first-order chi connectivity index (χ1) is 14.5. The summed E-state index contributed by atoms with van der Waals surface area (Å²) >= 11 is 0. The summed E-state index contributed by atoms with van der Waals surface area (Å²) in [5.74, 6) is 0.624. The molecule has 0 aliphatic carbocycles. The Labute approximate surface area is 174 Å². The van der Waals surface area contributed by atoms with E-state index in [1.54, 1.807) is 37.3 Å². The molecule has 4 rings (SSSR count). The standard InChI is InChI=1S/C23H25NO6/c1-3-4-5-10-24-20(17-8-6-14(2)30-17)19(22(26)23(24)27)21(25)15-7-9-16-18(13-15)29-12-11-28-16/h6-9,13,20,25H,3-5,10-12H2,1-2H3/b21-19-. The topological polar surface area (TPSA) is 89.2 Å². The van der Waals surface area contributed by atoms with Gasteiger partial charge in [-0.15, -0.1) is 0 Å². The van der Waals surface area contributed by atoms with E-state index in [1.807, 2.05) is 0 Å². The third-order valence-electron chi connectivity index (χ3n) is 5.39. The number of carbonyl (C=O) groups excluding carboxylic acids is 2.